The zero-order valence-corrected chi connectivity index (χ0v) is 7.25. The first-order valence-electron chi connectivity index (χ1n) is 4.48. The molecule has 0 aromatic rings. The van der Waals surface area contributed by atoms with E-state index in [2.05, 4.69) is 4.90 Å². The van der Waals surface area contributed by atoms with Gasteiger partial charge < -0.3 is 4.90 Å². The molecule has 1 aliphatic heterocycles. The summed E-state index contributed by atoms with van der Waals surface area (Å²) in [7, 11) is 0. The van der Waals surface area contributed by atoms with Gasteiger partial charge >= 0.3 is 0 Å². The highest BCUT2D eigenvalue weighted by atomic mass is 16.5. The van der Waals surface area contributed by atoms with E-state index in [4.69, 9.17) is 5.21 Å². The van der Waals surface area contributed by atoms with Crippen LogP contribution in [0.25, 0.3) is 0 Å². The van der Waals surface area contributed by atoms with Crippen LogP contribution in [0, 0.1) is 0 Å². The lowest BCUT2D eigenvalue weighted by Gasteiger charge is -2.25. The maximum atomic E-state index is 10.7. The molecule has 0 atom stereocenters. The predicted octanol–water partition coefficient (Wildman–Crippen LogP) is 0.368. The third-order valence-electron chi connectivity index (χ3n) is 2.23. The molecule has 2 N–H and O–H groups in total. The maximum absolute atomic E-state index is 10.7. The SMILES string of the molecule is O=C(CCN1CCCCC1)NO. The van der Waals surface area contributed by atoms with Gasteiger partial charge in [0.25, 0.3) is 0 Å². The van der Waals surface area contributed by atoms with Gasteiger partial charge in [0.1, 0.15) is 0 Å². The molecule has 70 valence electrons. The molecule has 0 aromatic carbocycles. The van der Waals surface area contributed by atoms with E-state index in [0.29, 0.717) is 6.42 Å². The molecule has 0 spiro atoms. The topological polar surface area (TPSA) is 52.6 Å². The number of hydroxylamine groups is 1. The van der Waals surface area contributed by atoms with Crippen molar-refractivity contribution in [1.82, 2.24) is 10.4 Å². The lowest BCUT2D eigenvalue weighted by atomic mass is 10.1. The smallest absolute Gasteiger partial charge is 0.244 e. The van der Waals surface area contributed by atoms with Crippen LogP contribution in [-0.4, -0.2) is 35.6 Å². The number of nitrogens with zero attached hydrogens (tertiary/aromatic N) is 1. The number of rotatable bonds is 3. The van der Waals surface area contributed by atoms with Gasteiger partial charge in [0.05, 0.1) is 0 Å². The van der Waals surface area contributed by atoms with Gasteiger partial charge in [-0.3, -0.25) is 10.0 Å². The molecular weight excluding hydrogens is 156 g/mol. The van der Waals surface area contributed by atoms with E-state index >= 15 is 0 Å². The summed E-state index contributed by atoms with van der Waals surface area (Å²) in [5.74, 6) is -0.291. The first kappa shape index (κ1) is 9.48. The number of hydrogen-bond donors (Lipinski definition) is 2. The second-order valence-corrected chi connectivity index (χ2v) is 3.19. The number of nitrogens with one attached hydrogen (secondary N) is 1. The molecule has 1 fully saturated rings. The van der Waals surface area contributed by atoms with Gasteiger partial charge in [-0.05, 0) is 25.9 Å². The number of likely N-dealkylation sites (tertiary alicyclic amines) is 1. The third kappa shape index (κ3) is 3.19. The Morgan fingerprint density at radius 2 is 2.00 bits per heavy atom. The summed E-state index contributed by atoms with van der Waals surface area (Å²) in [6.07, 6.45) is 4.18. The molecule has 0 radical (unpaired) electrons. The Morgan fingerprint density at radius 3 is 2.58 bits per heavy atom. The Kier molecular flexibility index (Phi) is 4.04. The molecule has 12 heavy (non-hydrogen) atoms. The van der Waals surface area contributed by atoms with Crippen LogP contribution < -0.4 is 5.48 Å². The molecular formula is C8H16N2O2. The van der Waals surface area contributed by atoms with E-state index in [0.717, 1.165) is 19.6 Å². The Bertz CT molecular complexity index is 144. The van der Waals surface area contributed by atoms with Crippen molar-refractivity contribution in [2.75, 3.05) is 19.6 Å². The van der Waals surface area contributed by atoms with Crippen molar-refractivity contribution < 1.29 is 10.0 Å². The number of carbonyl (C=O) groups is 1. The lowest BCUT2D eigenvalue weighted by Crippen LogP contribution is -2.33. The molecule has 0 aliphatic carbocycles. The van der Waals surface area contributed by atoms with Crippen molar-refractivity contribution in [1.29, 1.82) is 0 Å². The number of hydrogen-bond acceptors (Lipinski definition) is 3. The molecule has 1 rings (SSSR count). The summed E-state index contributed by atoms with van der Waals surface area (Å²) in [5.41, 5.74) is 1.64. The largest absolute Gasteiger partial charge is 0.303 e. The highest BCUT2D eigenvalue weighted by molar-refractivity contribution is 5.74. The van der Waals surface area contributed by atoms with Crippen molar-refractivity contribution in [2.45, 2.75) is 25.7 Å². The maximum Gasteiger partial charge on any atom is 0.244 e. The molecule has 0 unspecified atom stereocenters. The Hall–Kier alpha value is -0.610. The van der Waals surface area contributed by atoms with Crippen LogP contribution in [0.2, 0.25) is 0 Å². The van der Waals surface area contributed by atoms with Gasteiger partial charge in [-0.15, -0.1) is 0 Å². The van der Waals surface area contributed by atoms with Crippen LogP contribution in [0.1, 0.15) is 25.7 Å². The first-order valence-corrected chi connectivity index (χ1v) is 4.48. The van der Waals surface area contributed by atoms with Crippen LogP contribution >= 0.6 is 0 Å². The zero-order valence-electron chi connectivity index (χ0n) is 7.25. The number of piperidine rings is 1. The van der Waals surface area contributed by atoms with E-state index in [1.807, 2.05) is 0 Å². The molecule has 1 aliphatic rings. The van der Waals surface area contributed by atoms with Crippen LogP contribution in [-0.2, 0) is 4.79 Å². The van der Waals surface area contributed by atoms with Crippen molar-refractivity contribution in [3.8, 4) is 0 Å². The van der Waals surface area contributed by atoms with Gasteiger partial charge in [0.15, 0.2) is 0 Å². The van der Waals surface area contributed by atoms with E-state index in [1.165, 1.54) is 19.3 Å². The molecule has 0 aromatic heterocycles. The van der Waals surface area contributed by atoms with Gasteiger partial charge in [-0.25, -0.2) is 5.48 Å². The van der Waals surface area contributed by atoms with Crippen LogP contribution in [0.3, 0.4) is 0 Å². The van der Waals surface area contributed by atoms with Gasteiger partial charge in [0, 0.05) is 13.0 Å². The average molecular weight is 172 g/mol. The minimum absolute atomic E-state index is 0.291. The fourth-order valence-electron chi connectivity index (χ4n) is 1.50. The molecule has 0 bridgehead atoms. The number of amides is 1. The van der Waals surface area contributed by atoms with E-state index in [9.17, 15) is 4.79 Å². The van der Waals surface area contributed by atoms with Crippen molar-refractivity contribution in [2.24, 2.45) is 0 Å². The second-order valence-electron chi connectivity index (χ2n) is 3.19. The summed E-state index contributed by atoms with van der Waals surface area (Å²) in [6.45, 7) is 2.96. The third-order valence-corrected chi connectivity index (χ3v) is 2.23. The minimum Gasteiger partial charge on any atom is -0.303 e. The normalized spacial score (nSPS) is 19.1. The molecule has 0 saturated carbocycles. The van der Waals surface area contributed by atoms with E-state index in [1.54, 1.807) is 5.48 Å². The van der Waals surface area contributed by atoms with E-state index in [-0.39, 0.29) is 5.91 Å². The summed E-state index contributed by atoms with van der Waals surface area (Å²) >= 11 is 0. The van der Waals surface area contributed by atoms with Crippen LogP contribution in [0.5, 0.6) is 0 Å². The molecule has 1 saturated heterocycles. The molecule has 1 heterocycles. The monoisotopic (exact) mass is 172 g/mol. The molecule has 1 amide bonds. The van der Waals surface area contributed by atoms with Crippen LogP contribution in [0.4, 0.5) is 0 Å². The summed E-state index contributed by atoms with van der Waals surface area (Å²) in [4.78, 5) is 12.9. The Balaban J connectivity index is 2.09. The lowest BCUT2D eigenvalue weighted by molar-refractivity contribution is -0.129. The predicted molar refractivity (Wildman–Crippen MR) is 44.8 cm³/mol. The Labute approximate surface area is 72.5 Å². The molecule has 4 heteroatoms. The number of carbonyl (C=O) groups excluding carboxylic acids is 1. The van der Waals surface area contributed by atoms with Crippen LogP contribution in [0.15, 0.2) is 0 Å². The second kappa shape index (κ2) is 5.11. The fraction of sp³-hybridized carbons (Fsp3) is 0.875. The minimum atomic E-state index is -0.291. The highest BCUT2D eigenvalue weighted by Crippen LogP contribution is 2.08. The summed E-state index contributed by atoms with van der Waals surface area (Å²) < 4.78 is 0. The van der Waals surface area contributed by atoms with Crippen molar-refractivity contribution >= 4 is 5.91 Å². The quantitative estimate of drug-likeness (QED) is 0.477. The summed E-state index contributed by atoms with van der Waals surface area (Å²) in [6, 6.07) is 0. The standard InChI is InChI=1S/C8H16N2O2/c11-8(9-12)4-7-10-5-2-1-3-6-10/h12H,1-7H2,(H,9,11). The fourth-order valence-corrected chi connectivity index (χ4v) is 1.50. The van der Waals surface area contributed by atoms with Crippen molar-refractivity contribution in [3.63, 3.8) is 0 Å². The highest BCUT2D eigenvalue weighted by Gasteiger charge is 2.10. The van der Waals surface area contributed by atoms with Crippen molar-refractivity contribution in [3.05, 3.63) is 0 Å². The Morgan fingerprint density at radius 1 is 1.33 bits per heavy atom. The van der Waals surface area contributed by atoms with Gasteiger partial charge in [0.2, 0.25) is 5.91 Å². The van der Waals surface area contributed by atoms with E-state index < -0.39 is 0 Å². The van der Waals surface area contributed by atoms with Gasteiger partial charge in [-0.2, -0.15) is 0 Å². The summed E-state index contributed by atoms with van der Waals surface area (Å²) in [5, 5.41) is 8.25. The average Bonchev–Trinajstić information content (AvgIpc) is 2.16. The zero-order chi connectivity index (χ0) is 8.81. The van der Waals surface area contributed by atoms with Gasteiger partial charge in [-0.1, -0.05) is 6.42 Å². The molecule has 4 nitrogen and oxygen atoms in total. The first-order chi connectivity index (χ1) is 5.83.